The first kappa shape index (κ1) is 17.4. The Morgan fingerprint density at radius 1 is 1.21 bits per heavy atom. The van der Waals surface area contributed by atoms with Crippen molar-refractivity contribution in [2.45, 2.75) is 6.92 Å². The van der Waals surface area contributed by atoms with Crippen LogP contribution in [0.3, 0.4) is 0 Å². The van der Waals surface area contributed by atoms with Gasteiger partial charge in [0.2, 0.25) is 0 Å². The molecule has 0 unspecified atom stereocenters. The molecule has 124 valence electrons. The van der Waals surface area contributed by atoms with Gasteiger partial charge in [0.15, 0.2) is 0 Å². The van der Waals surface area contributed by atoms with Crippen molar-refractivity contribution >= 4 is 34.9 Å². The molecule has 2 aromatic carbocycles. The molecule has 0 bridgehead atoms. The number of anilines is 1. The molecule has 8 heteroatoms. The highest BCUT2D eigenvalue weighted by molar-refractivity contribution is 6.33. The summed E-state index contributed by atoms with van der Waals surface area (Å²) >= 11 is 5.91. The lowest BCUT2D eigenvalue weighted by Crippen LogP contribution is -2.13. The largest absolute Gasteiger partial charge is 0.465 e. The third kappa shape index (κ3) is 3.69. The molecule has 0 fully saturated rings. The summed E-state index contributed by atoms with van der Waals surface area (Å²) in [6.07, 6.45) is 0. The van der Waals surface area contributed by atoms with Crippen LogP contribution in [0.25, 0.3) is 0 Å². The van der Waals surface area contributed by atoms with Gasteiger partial charge < -0.3 is 10.1 Å². The summed E-state index contributed by atoms with van der Waals surface area (Å²) in [6, 6.07) is 8.50. The molecule has 0 saturated heterocycles. The van der Waals surface area contributed by atoms with E-state index in [0.29, 0.717) is 11.3 Å². The molecule has 0 atom stereocenters. The average Bonchev–Trinajstić information content (AvgIpc) is 2.55. The van der Waals surface area contributed by atoms with E-state index in [1.807, 2.05) is 0 Å². The van der Waals surface area contributed by atoms with E-state index in [0.717, 1.165) is 0 Å². The second-order valence-electron chi connectivity index (χ2n) is 4.90. The fourth-order valence-electron chi connectivity index (χ4n) is 2.02. The van der Waals surface area contributed by atoms with Crippen LogP contribution in [-0.4, -0.2) is 23.9 Å². The molecular formula is C16H13ClN2O5. The summed E-state index contributed by atoms with van der Waals surface area (Å²) in [5.41, 5.74) is 0.853. The Morgan fingerprint density at radius 2 is 1.92 bits per heavy atom. The lowest BCUT2D eigenvalue weighted by molar-refractivity contribution is -0.385. The monoisotopic (exact) mass is 348 g/mol. The van der Waals surface area contributed by atoms with Gasteiger partial charge in [-0.1, -0.05) is 17.7 Å². The molecule has 24 heavy (non-hydrogen) atoms. The highest BCUT2D eigenvalue weighted by atomic mass is 35.5. The van der Waals surface area contributed by atoms with Crippen LogP contribution in [0.4, 0.5) is 11.4 Å². The van der Waals surface area contributed by atoms with Crippen molar-refractivity contribution in [2.75, 3.05) is 12.4 Å². The number of nitro groups is 1. The minimum Gasteiger partial charge on any atom is -0.465 e. The number of benzene rings is 2. The number of carbonyl (C=O) groups is 2. The van der Waals surface area contributed by atoms with E-state index in [4.69, 9.17) is 11.6 Å². The topological polar surface area (TPSA) is 98.5 Å². The second kappa shape index (κ2) is 7.10. The first-order valence-electron chi connectivity index (χ1n) is 6.77. The molecule has 0 heterocycles. The predicted octanol–water partition coefficient (Wildman–Crippen LogP) is 3.60. The number of hydrogen-bond donors (Lipinski definition) is 1. The van der Waals surface area contributed by atoms with Crippen LogP contribution in [-0.2, 0) is 4.74 Å². The molecule has 0 aliphatic heterocycles. The third-order valence-corrected chi connectivity index (χ3v) is 3.63. The van der Waals surface area contributed by atoms with Crippen LogP contribution in [0.1, 0.15) is 26.3 Å². The van der Waals surface area contributed by atoms with Gasteiger partial charge in [-0.2, -0.15) is 0 Å². The Bertz CT molecular complexity index is 835. The van der Waals surface area contributed by atoms with E-state index >= 15 is 0 Å². The molecule has 0 aliphatic carbocycles. The molecule has 1 amide bonds. The summed E-state index contributed by atoms with van der Waals surface area (Å²) in [5, 5.41) is 13.7. The zero-order chi connectivity index (χ0) is 17.9. The zero-order valence-electron chi connectivity index (χ0n) is 12.8. The van der Waals surface area contributed by atoms with Crippen molar-refractivity contribution in [1.29, 1.82) is 0 Å². The minimum atomic E-state index is -0.637. The molecule has 0 saturated carbocycles. The van der Waals surface area contributed by atoms with Gasteiger partial charge >= 0.3 is 5.97 Å². The number of carbonyl (C=O) groups excluding carboxylic acids is 2. The fourth-order valence-corrected chi connectivity index (χ4v) is 2.21. The van der Waals surface area contributed by atoms with Crippen LogP contribution >= 0.6 is 11.6 Å². The number of methoxy groups -OCH3 is 1. The van der Waals surface area contributed by atoms with Crippen molar-refractivity contribution in [1.82, 2.24) is 0 Å². The lowest BCUT2D eigenvalue weighted by Gasteiger charge is -2.08. The Hall–Kier alpha value is -2.93. The fraction of sp³-hybridized carbons (Fsp3) is 0.125. The van der Waals surface area contributed by atoms with E-state index < -0.39 is 16.8 Å². The summed E-state index contributed by atoms with van der Waals surface area (Å²) in [6.45, 7) is 1.58. The van der Waals surface area contributed by atoms with Crippen molar-refractivity contribution in [3.05, 3.63) is 68.2 Å². The van der Waals surface area contributed by atoms with Crippen molar-refractivity contribution in [3.8, 4) is 0 Å². The van der Waals surface area contributed by atoms with Gasteiger partial charge in [-0.05, 0) is 31.2 Å². The number of ether oxygens (including phenoxy) is 1. The van der Waals surface area contributed by atoms with Gasteiger partial charge in [-0.15, -0.1) is 0 Å². The van der Waals surface area contributed by atoms with Gasteiger partial charge in [0, 0.05) is 22.9 Å². The number of nitrogens with zero attached hydrogens (tertiary/aromatic N) is 1. The Balaban J connectivity index is 2.29. The van der Waals surface area contributed by atoms with E-state index in [1.54, 1.807) is 6.92 Å². The Labute approximate surface area is 142 Å². The normalized spacial score (nSPS) is 10.1. The van der Waals surface area contributed by atoms with E-state index in [2.05, 4.69) is 10.1 Å². The maximum atomic E-state index is 12.3. The highest BCUT2D eigenvalue weighted by Crippen LogP contribution is 2.23. The number of halogens is 1. The standard InChI is InChI=1S/C16H13ClN2O5/c1-9-3-4-10(7-14(9)19(22)23)15(20)18-11-5-6-13(17)12(8-11)16(21)24-2/h3-8H,1-2H3,(H,18,20). The van der Waals surface area contributed by atoms with Gasteiger partial charge in [0.1, 0.15) is 0 Å². The summed E-state index contributed by atoms with van der Waals surface area (Å²) in [4.78, 5) is 34.3. The van der Waals surface area contributed by atoms with E-state index in [-0.39, 0.29) is 21.8 Å². The van der Waals surface area contributed by atoms with Crippen LogP contribution in [0.2, 0.25) is 5.02 Å². The van der Waals surface area contributed by atoms with Crippen LogP contribution < -0.4 is 5.32 Å². The number of nitro benzene ring substituents is 1. The molecule has 0 aromatic heterocycles. The van der Waals surface area contributed by atoms with Crippen LogP contribution in [0.5, 0.6) is 0 Å². The van der Waals surface area contributed by atoms with E-state index in [9.17, 15) is 19.7 Å². The number of nitrogens with one attached hydrogen (secondary N) is 1. The van der Waals surface area contributed by atoms with Crippen molar-refractivity contribution < 1.29 is 19.2 Å². The maximum absolute atomic E-state index is 12.3. The summed E-state index contributed by atoms with van der Waals surface area (Å²) in [5.74, 6) is -1.18. The predicted molar refractivity (Wildman–Crippen MR) is 88.6 cm³/mol. The van der Waals surface area contributed by atoms with Gasteiger partial charge in [0.25, 0.3) is 11.6 Å². The highest BCUT2D eigenvalue weighted by Gasteiger charge is 2.16. The smallest absolute Gasteiger partial charge is 0.339 e. The number of amides is 1. The van der Waals surface area contributed by atoms with Gasteiger partial charge in [0.05, 0.1) is 22.6 Å². The summed E-state index contributed by atoms with van der Waals surface area (Å²) in [7, 11) is 1.22. The van der Waals surface area contributed by atoms with Gasteiger partial charge in [-0.25, -0.2) is 4.79 Å². The third-order valence-electron chi connectivity index (χ3n) is 3.30. The zero-order valence-corrected chi connectivity index (χ0v) is 13.6. The molecule has 7 nitrogen and oxygen atoms in total. The molecule has 0 aliphatic rings. The minimum absolute atomic E-state index is 0.104. The maximum Gasteiger partial charge on any atom is 0.339 e. The molecule has 0 radical (unpaired) electrons. The lowest BCUT2D eigenvalue weighted by atomic mass is 10.1. The molecular weight excluding hydrogens is 336 g/mol. The second-order valence-corrected chi connectivity index (χ2v) is 5.31. The Kier molecular flexibility index (Phi) is 5.15. The molecule has 2 aromatic rings. The number of aryl methyl sites for hydroxylation is 1. The SMILES string of the molecule is COC(=O)c1cc(NC(=O)c2ccc(C)c([N+](=O)[O-])c2)ccc1Cl. The first-order chi connectivity index (χ1) is 11.3. The molecule has 1 N–H and O–H groups in total. The van der Waals surface area contributed by atoms with E-state index in [1.165, 1.54) is 43.5 Å². The van der Waals surface area contributed by atoms with Crippen LogP contribution in [0.15, 0.2) is 36.4 Å². The molecule has 2 rings (SSSR count). The average molecular weight is 349 g/mol. The quantitative estimate of drug-likeness (QED) is 0.517. The molecule has 0 spiro atoms. The van der Waals surface area contributed by atoms with Gasteiger partial charge in [-0.3, -0.25) is 14.9 Å². The number of esters is 1. The Morgan fingerprint density at radius 3 is 2.54 bits per heavy atom. The first-order valence-corrected chi connectivity index (χ1v) is 7.15. The van der Waals surface area contributed by atoms with Crippen molar-refractivity contribution in [3.63, 3.8) is 0 Å². The number of rotatable bonds is 4. The van der Waals surface area contributed by atoms with Crippen molar-refractivity contribution in [2.24, 2.45) is 0 Å². The van der Waals surface area contributed by atoms with Crippen LogP contribution in [0, 0.1) is 17.0 Å². The number of hydrogen-bond acceptors (Lipinski definition) is 5. The summed E-state index contributed by atoms with van der Waals surface area (Å²) < 4.78 is 4.61.